The number of benzene rings is 2. The lowest BCUT2D eigenvalue weighted by Gasteiger charge is -2.35. The number of carbonyl (C=O) groups is 1. The average Bonchev–Trinajstić information content (AvgIpc) is 2.81. The van der Waals surface area contributed by atoms with Crippen molar-refractivity contribution < 1.29 is 9.90 Å². The van der Waals surface area contributed by atoms with Crippen LogP contribution in [0, 0.1) is 0 Å². The Labute approximate surface area is 194 Å². The van der Waals surface area contributed by atoms with Gasteiger partial charge in [0.1, 0.15) is 5.82 Å². The maximum atomic E-state index is 11.8. The minimum absolute atomic E-state index is 0.0927. The predicted octanol–water partition coefficient (Wildman–Crippen LogP) is 5.73. The molecule has 3 aromatic rings. The maximum absolute atomic E-state index is 11.8. The van der Waals surface area contributed by atoms with E-state index in [0.717, 1.165) is 56.0 Å². The third-order valence-electron chi connectivity index (χ3n) is 6.05. The van der Waals surface area contributed by atoms with Crippen molar-refractivity contribution >= 4 is 17.6 Å². The van der Waals surface area contributed by atoms with Crippen LogP contribution >= 0.6 is 11.6 Å². The summed E-state index contributed by atoms with van der Waals surface area (Å²) in [5.74, 6) is -0.230. The molecule has 0 bridgehead atoms. The summed E-state index contributed by atoms with van der Waals surface area (Å²) in [6, 6.07) is 18.3. The van der Waals surface area contributed by atoms with Crippen LogP contribution in [0.1, 0.15) is 64.7 Å². The molecule has 1 atom stereocenters. The van der Waals surface area contributed by atoms with Gasteiger partial charge in [-0.3, -0.25) is 4.90 Å². The predicted molar refractivity (Wildman–Crippen MR) is 126 cm³/mol. The number of rotatable bonds is 8. The van der Waals surface area contributed by atoms with E-state index >= 15 is 0 Å². The minimum Gasteiger partial charge on any atom is -0.478 e. The van der Waals surface area contributed by atoms with Crippen LogP contribution in [0.2, 0.25) is 5.02 Å². The molecule has 6 heteroatoms. The third-order valence-corrected chi connectivity index (χ3v) is 6.30. The summed E-state index contributed by atoms with van der Waals surface area (Å²) >= 11 is 6.04. The van der Waals surface area contributed by atoms with Gasteiger partial charge in [0.15, 0.2) is 0 Å². The first-order chi connectivity index (χ1) is 15.6. The van der Waals surface area contributed by atoms with Gasteiger partial charge in [-0.2, -0.15) is 0 Å². The number of piperidine rings is 1. The zero-order chi connectivity index (χ0) is 22.3. The second-order valence-electron chi connectivity index (χ2n) is 8.34. The molecule has 4 rings (SSSR count). The molecule has 0 amide bonds. The summed E-state index contributed by atoms with van der Waals surface area (Å²) in [4.78, 5) is 23.5. The topological polar surface area (TPSA) is 66.3 Å². The Morgan fingerprint density at radius 3 is 2.56 bits per heavy atom. The Balaban J connectivity index is 1.52. The lowest BCUT2D eigenvalue weighted by Crippen LogP contribution is -2.34. The monoisotopic (exact) mass is 449 g/mol. The molecule has 1 N–H and O–H groups in total. The Morgan fingerprint density at radius 1 is 1.03 bits per heavy atom. The molecule has 0 radical (unpaired) electrons. The molecule has 0 aliphatic carbocycles. The molecule has 0 unspecified atom stereocenters. The largest absolute Gasteiger partial charge is 0.478 e. The second-order valence-corrected chi connectivity index (χ2v) is 8.78. The van der Waals surface area contributed by atoms with Crippen LogP contribution in [0.15, 0.2) is 60.8 Å². The number of hydrogen-bond acceptors (Lipinski definition) is 4. The number of halogens is 1. The molecular formula is C26H28ClN3O2. The van der Waals surface area contributed by atoms with E-state index in [9.17, 15) is 9.90 Å². The van der Waals surface area contributed by atoms with Crippen molar-refractivity contribution in [3.8, 4) is 0 Å². The lowest BCUT2D eigenvalue weighted by atomic mass is 9.99. The number of carboxylic acids is 1. The normalized spacial score (nSPS) is 16.7. The van der Waals surface area contributed by atoms with Gasteiger partial charge in [0, 0.05) is 17.8 Å². The van der Waals surface area contributed by atoms with Gasteiger partial charge in [-0.1, -0.05) is 60.5 Å². The highest BCUT2D eigenvalue weighted by Crippen LogP contribution is 2.31. The van der Waals surface area contributed by atoms with Gasteiger partial charge in [0.25, 0.3) is 0 Å². The zero-order valence-corrected chi connectivity index (χ0v) is 18.8. The SMILES string of the molecule is O=C(O)c1cnc([C@H]2CCCCN2Cc2ccc(Cl)cc2)nc1CCCc1ccccc1. The Bertz CT molecular complexity index is 1040. The molecule has 1 aromatic heterocycles. The van der Waals surface area contributed by atoms with E-state index in [-0.39, 0.29) is 11.6 Å². The lowest BCUT2D eigenvalue weighted by molar-refractivity contribution is 0.0694. The first-order valence-corrected chi connectivity index (χ1v) is 11.6. The van der Waals surface area contributed by atoms with Crippen LogP contribution < -0.4 is 0 Å². The van der Waals surface area contributed by atoms with Crippen LogP contribution in [0.25, 0.3) is 0 Å². The van der Waals surface area contributed by atoms with Gasteiger partial charge in [0.2, 0.25) is 0 Å². The standard InChI is InChI=1S/C26H28ClN3O2/c27-21-14-12-20(13-15-21)18-30-16-5-4-11-24(30)25-28-17-22(26(31)32)23(29-25)10-6-9-19-7-2-1-3-8-19/h1-3,7-8,12-15,17,24H,4-6,9-11,16,18H2,(H,31,32)/t24-/m1/s1. The molecule has 0 spiro atoms. The van der Waals surface area contributed by atoms with Crippen LogP contribution in [0.4, 0.5) is 0 Å². The summed E-state index contributed by atoms with van der Waals surface area (Å²) < 4.78 is 0. The molecule has 1 saturated heterocycles. The number of aromatic carboxylic acids is 1. The summed E-state index contributed by atoms with van der Waals surface area (Å²) in [6.45, 7) is 1.77. The molecule has 5 nitrogen and oxygen atoms in total. The van der Waals surface area contributed by atoms with E-state index in [1.54, 1.807) is 0 Å². The van der Waals surface area contributed by atoms with Crippen LogP contribution in [-0.2, 0) is 19.4 Å². The fraction of sp³-hybridized carbons (Fsp3) is 0.346. The molecule has 2 heterocycles. The fourth-order valence-electron chi connectivity index (χ4n) is 4.36. The van der Waals surface area contributed by atoms with Gasteiger partial charge in [0.05, 0.1) is 17.3 Å². The summed E-state index contributed by atoms with van der Waals surface area (Å²) in [6.07, 6.45) is 7.10. The van der Waals surface area contributed by atoms with E-state index in [1.807, 2.05) is 30.3 Å². The van der Waals surface area contributed by atoms with Gasteiger partial charge in [-0.25, -0.2) is 14.8 Å². The van der Waals surface area contributed by atoms with Gasteiger partial charge >= 0.3 is 5.97 Å². The van der Waals surface area contributed by atoms with Gasteiger partial charge < -0.3 is 5.11 Å². The molecule has 0 saturated carbocycles. The summed E-state index contributed by atoms with van der Waals surface area (Å²) in [7, 11) is 0. The van der Waals surface area contributed by atoms with Crippen molar-refractivity contribution in [1.82, 2.24) is 14.9 Å². The fourth-order valence-corrected chi connectivity index (χ4v) is 4.49. The van der Waals surface area contributed by atoms with Crippen molar-refractivity contribution in [2.45, 2.75) is 51.1 Å². The van der Waals surface area contributed by atoms with E-state index in [0.29, 0.717) is 12.1 Å². The quantitative estimate of drug-likeness (QED) is 0.475. The van der Waals surface area contributed by atoms with E-state index in [1.165, 1.54) is 17.3 Å². The van der Waals surface area contributed by atoms with E-state index in [2.05, 4.69) is 34.1 Å². The Kier molecular flexibility index (Phi) is 7.51. The molecule has 32 heavy (non-hydrogen) atoms. The van der Waals surface area contributed by atoms with Crippen molar-refractivity contribution in [3.05, 3.63) is 94.0 Å². The second kappa shape index (κ2) is 10.7. The smallest absolute Gasteiger partial charge is 0.339 e. The third kappa shape index (κ3) is 5.72. The summed E-state index contributed by atoms with van der Waals surface area (Å²) in [5.41, 5.74) is 3.30. The Hall–Kier alpha value is -2.76. The molecule has 1 aliphatic rings. The van der Waals surface area contributed by atoms with E-state index < -0.39 is 5.97 Å². The first kappa shape index (κ1) is 22.4. The average molecular weight is 450 g/mol. The number of nitrogens with zero attached hydrogens (tertiary/aromatic N) is 3. The van der Waals surface area contributed by atoms with Gasteiger partial charge in [-0.05, 0) is 61.9 Å². The first-order valence-electron chi connectivity index (χ1n) is 11.2. The highest BCUT2D eigenvalue weighted by Gasteiger charge is 2.27. The number of carboxylic acid groups (broad SMARTS) is 1. The minimum atomic E-state index is -0.965. The molecule has 1 aliphatic heterocycles. The molecule has 2 aromatic carbocycles. The summed E-state index contributed by atoms with van der Waals surface area (Å²) in [5, 5.41) is 10.4. The molecule has 166 valence electrons. The zero-order valence-electron chi connectivity index (χ0n) is 18.1. The van der Waals surface area contributed by atoms with Gasteiger partial charge in [-0.15, -0.1) is 0 Å². The Morgan fingerprint density at radius 2 is 1.81 bits per heavy atom. The maximum Gasteiger partial charge on any atom is 0.339 e. The molecule has 1 fully saturated rings. The van der Waals surface area contributed by atoms with Crippen LogP contribution in [0.3, 0.4) is 0 Å². The van der Waals surface area contributed by atoms with Crippen molar-refractivity contribution in [2.75, 3.05) is 6.54 Å². The number of likely N-dealkylation sites (tertiary alicyclic amines) is 1. The number of hydrogen-bond donors (Lipinski definition) is 1. The molecular weight excluding hydrogens is 422 g/mol. The number of aromatic nitrogens is 2. The van der Waals surface area contributed by atoms with Crippen LogP contribution in [-0.4, -0.2) is 32.5 Å². The highest BCUT2D eigenvalue weighted by atomic mass is 35.5. The van der Waals surface area contributed by atoms with Crippen LogP contribution in [0.5, 0.6) is 0 Å². The number of aryl methyl sites for hydroxylation is 2. The van der Waals surface area contributed by atoms with E-state index in [4.69, 9.17) is 16.6 Å². The highest BCUT2D eigenvalue weighted by molar-refractivity contribution is 6.30. The van der Waals surface area contributed by atoms with Crippen molar-refractivity contribution in [3.63, 3.8) is 0 Å². The van der Waals surface area contributed by atoms with Crippen molar-refractivity contribution in [1.29, 1.82) is 0 Å². The van der Waals surface area contributed by atoms with Crippen molar-refractivity contribution in [2.24, 2.45) is 0 Å².